The molecule has 0 aliphatic carbocycles. The number of rotatable bonds is 4. The number of carbonyl (C=O) groups is 4. The first-order valence-corrected chi connectivity index (χ1v) is 9.36. The summed E-state index contributed by atoms with van der Waals surface area (Å²) in [5.74, 6) is -2.42. The van der Waals surface area contributed by atoms with Gasteiger partial charge in [-0.25, -0.2) is 4.39 Å². The fourth-order valence-corrected chi connectivity index (χ4v) is 3.67. The van der Waals surface area contributed by atoms with Gasteiger partial charge in [0.05, 0.1) is 0 Å². The Morgan fingerprint density at radius 1 is 1.20 bits per heavy atom. The Kier molecular flexibility index (Phi) is 4.94. The van der Waals surface area contributed by atoms with Crippen LogP contribution < -0.4 is 10.6 Å². The van der Waals surface area contributed by atoms with Crippen molar-refractivity contribution >= 4 is 23.6 Å². The third-order valence-corrected chi connectivity index (χ3v) is 5.26. The van der Waals surface area contributed by atoms with E-state index in [9.17, 15) is 28.7 Å². The molecule has 30 heavy (non-hydrogen) atoms. The molecule has 2 heterocycles. The molecule has 9 heteroatoms. The summed E-state index contributed by atoms with van der Waals surface area (Å²) in [5, 5.41) is 14.1. The molecule has 0 bridgehead atoms. The van der Waals surface area contributed by atoms with Gasteiger partial charge in [-0.1, -0.05) is 0 Å². The highest BCUT2D eigenvalue weighted by Gasteiger charge is 2.39. The van der Waals surface area contributed by atoms with E-state index >= 15 is 0 Å². The number of imide groups is 1. The fourth-order valence-electron chi connectivity index (χ4n) is 3.67. The molecule has 2 aromatic rings. The molecule has 1 unspecified atom stereocenters. The van der Waals surface area contributed by atoms with Gasteiger partial charge >= 0.3 is 0 Å². The van der Waals surface area contributed by atoms with E-state index in [1.165, 1.54) is 35.2 Å². The average Bonchev–Trinajstić information content (AvgIpc) is 3.02. The van der Waals surface area contributed by atoms with Crippen molar-refractivity contribution in [2.45, 2.75) is 32.0 Å². The summed E-state index contributed by atoms with van der Waals surface area (Å²) in [5.41, 5.74) is 1.25. The Balaban J connectivity index is 1.48. The van der Waals surface area contributed by atoms with Crippen LogP contribution in [0.5, 0.6) is 5.75 Å². The lowest BCUT2D eigenvalue weighted by atomic mass is 10.0. The number of phenols is 1. The lowest BCUT2D eigenvalue weighted by molar-refractivity contribution is -0.136. The minimum absolute atomic E-state index is 0.0291. The molecule has 4 amide bonds. The highest BCUT2D eigenvalue weighted by atomic mass is 19.1. The standard InChI is InChI=1S/C21H18FN3O5/c22-16-8-15-13(10-25(21(15)30)17-5-6-18(27)24-20(17)29)7-12(16)9-23-19(28)11-1-3-14(26)4-2-11/h1-4,7-8,17,26H,5-6,9-10H2,(H,23,28)(H,24,27,29). The van der Waals surface area contributed by atoms with Gasteiger partial charge in [0.25, 0.3) is 11.8 Å². The number of piperidine rings is 1. The molecule has 2 aromatic carbocycles. The van der Waals surface area contributed by atoms with E-state index in [2.05, 4.69) is 10.6 Å². The van der Waals surface area contributed by atoms with Gasteiger partial charge in [-0.3, -0.25) is 24.5 Å². The lowest BCUT2D eigenvalue weighted by Crippen LogP contribution is -2.52. The van der Waals surface area contributed by atoms with Crippen LogP contribution in [0.3, 0.4) is 0 Å². The molecule has 1 fully saturated rings. The second-order valence-corrected chi connectivity index (χ2v) is 7.23. The summed E-state index contributed by atoms with van der Waals surface area (Å²) >= 11 is 0. The zero-order valence-corrected chi connectivity index (χ0v) is 15.8. The molecule has 8 nitrogen and oxygen atoms in total. The van der Waals surface area contributed by atoms with Gasteiger partial charge in [0, 0.05) is 36.2 Å². The lowest BCUT2D eigenvalue weighted by Gasteiger charge is -2.29. The van der Waals surface area contributed by atoms with Gasteiger partial charge < -0.3 is 15.3 Å². The van der Waals surface area contributed by atoms with E-state index in [0.29, 0.717) is 11.1 Å². The molecule has 2 aliphatic heterocycles. The maximum Gasteiger partial charge on any atom is 0.255 e. The van der Waals surface area contributed by atoms with Crippen LogP contribution in [0, 0.1) is 5.82 Å². The Morgan fingerprint density at radius 3 is 2.63 bits per heavy atom. The van der Waals surface area contributed by atoms with Crippen molar-refractivity contribution in [2.75, 3.05) is 0 Å². The second-order valence-electron chi connectivity index (χ2n) is 7.23. The first kappa shape index (κ1) is 19.6. The predicted octanol–water partition coefficient (Wildman–Crippen LogP) is 1.22. The van der Waals surface area contributed by atoms with Crippen molar-refractivity contribution < 1.29 is 28.7 Å². The molecule has 0 radical (unpaired) electrons. The first-order chi connectivity index (χ1) is 14.3. The number of aromatic hydroxyl groups is 1. The number of benzene rings is 2. The Bertz CT molecular complexity index is 1070. The fraction of sp³-hybridized carbons (Fsp3) is 0.238. The SMILES string of the molecule is O=C1CCC(N2Cc3cc(CNC(=O)c4ccc(O)cc4)c(F)cc3C2=O)C(=O)N1. The zero-order valence-electron chi connectivity index (χ0n) is 15.8. The summed E-state index contributed by atoms with van der Waals surface area (Å²) < 4.78 is 14.5. The number of hydrogen-bond acceptors (Lipinski definition) is 5. The summed E-state index contributed by atoms with van der Waals surface area (Å²) in [6.45, 7) is 0.0328. The number of hydrogen-bond donors (Lipinski definition) is 3. The Morgan fingerprint density at radius 2 is 1.93 bits per heavy atom. The van der Waals surface area contributed by atoms with Crippen molar-refractivity contribution in [3.8, 4) is 5.75 Å². The van der Waals surface area contributed by atoms with Gasteiger partial charge in [-0.2, -0.15) is 0 Å². The van der Waals surface area contributed by atoms with Crippen LogP contribution in [0.4, 0.5) is 4.39 Å². The first-order valence-electron chi connectivity index (χ1n) is 9.36. The Labute approximate surface area is 170 Å². The van der Waals surface area contributed by atoms with E-state index in [4.69, 9.17) is 0 Å². The number of carbonyl (C=O) groups excluding carboxylic acids is 4. The molecule has 0 aromatic heterocycles. The molecular weight excluding hydrogens is 393 g/mol. The van der Waals surface area contributed by atoms with Crippen molar-refractivity contribution in [2.24, 2.45) is 0 Å². The van der Waals surface area contributed by atoms with Gasteiger partial charge in [0.15, 0.2) is 0 Å². The third-order valence-electron chi connectivity index (χ3n) is 5.26. The average molecular weight is 411 g/mol. The number of nitrogens with zero attached hydrogens (tertiary/aromatic N) is 1. The van der Waals surface area contributed by atoms with Gasteiger partial charge in [0.1, 0.15) is 17.6 Å². The molecule has 3 N–H and O–H groups in total. The minimum Gasteiger partial charge on any atom is -0.508 e. The van der Waals surface area contributed by atoms with Crippen LogP contribution in [0.2, 0.25) is 0 Å². The normalized spacial score (nSPS) is 18.2. The van der Waals surface area contributed by atoms with Crippen LogP contribution >= 0.6 is 0 Å². The summed E-state index contributed by atoms with van der Waals surface area (Å²) in [6.07, 6.45) is 0.363. The quantitative estimate of drug-likeness (QED) is 0.655. The van der Waals surface area contributed by atoms with E-state index in [1.54, 1.807) is 0 Å². The maximum absolute atomic E-state index is 14.5. The molecule has 0 saturated carbocycles. The molecule has 4 rings (SSSR count). The summed E-state index contributed by atoms with van der Waals surface area (Å²) in [4.78, 5) is 49.6. The van der Waals surface area contributed by atoms with Gasteiger partial charge in [0.2, 0.25) is 11.8 Å². The van der Waals surface area contributed by atoms with Gasteiger partial charge in [-0.05, 0) is 48.4 Å². The Hall–Kier alpha value is -3.75. The van der Waals surface area contributed by atoms with Crippen molar-refractivity contribution in [3.63, 3.8) is 0 Å². The van der Waals surface area contributed by atoms with Crippen LogP contribution in [0.1, 0.15) is 44.7 Å². The number of amides is 4. The van der Waals surface area contributed by atoms with E-state index in [-0.39, 0.29) is 48.7 Å². The topological polar surface area (TPSA) is 116 Å². The highest BCUT2D eigenvalue weighted by molar-refractivity contribution is 6.05. The zero-order chi connectivity index (χ0) is 21.4. The minimum atomic E-state index is -0.775. The van der Waals surface area contributed by atoms with Crippen LogP contribution in [0.15, 0.2) is 36.4 Å². The number of fused-ring (bicyclic) bond motifs is 1. The van der Waals surface area contributed by atoms with Crippen molar-refractivity contribution in [1.29, 1.82) is 0 Å². The van der Waals surface area contributed by atoms with Crippen LogP contribution in [-0.4, -0.2) is 39.7 Å². The number of nitrogens with one attached hydrogen (secondary N) is 2. The predicted molar refractivity (Wildman–Crippen MR) is 102 cm³/mol. The van der Waals surface area contributed by atoms with Crippen molar-refractivity contribution in [3.05, 3.63) is 64.5 Å². The largest absolute Gasteiger partial charge is 0.508 e. The highest BCUT2D eigenvalue weighted by Crippen LogP contribution is 2.29. The molecule has 0 spiro atoms. The monoisotopic (exact) mass is 411 g/mol. The third kappa shape index (κ3) is 3.61. The number of phenolic OH excluding ortho intramolecular Hbond substituents is 1. The van der Waals surface area contributed by atoms with E-state index in [1.807, 2.05) is 0 Å². The van der Waals surface area contributed by atoms with Crippen LogP contribution in [-0.2, 0) is 22.7 Å². The summed E-state index contributed by atoms with van der Waals surface area (Å²) in [7, 11) is 0. The number of halogens is 1. The maximum atomic E-state index is 14.5. The van der Waals surface area contributed by atoms with Crippen LogP contribution in [0.25, 0.3) is 0 Å². The second kappa shape index (κ2) is 7.58. The molecular formula is C21H18FN3O5. The summed E-state index contributed by atoms with van der Waals surface area (Å²) in [6, 6.07) is 7.49. The molecule has 2 aliphatic rings. The van der Waals surface area contributed by atoms with E-state index < -0.39 is 29.6 Å². The molecule has 154 valence electrons. The van der Waals surface area contributed by atoms with Crippen molar-refractivity contribution in [1.82, 2.24) is 15.5 Å². The van der Waals surface area contributed by atoms with Gasteiger partial charge in [-0.15, -0.1) is 0 Å². The van der Waals surface area contributed by atoms with E-state index in [0.717, 1.165) is 6.07 Å². The molecule has 1 atom stereocenters. The molecule has 1 saturated heterocycles. The smallest absolute Gasteiger partial charge is 0.255 e.